The maximum atomic E-state index is 13.6. The van der Waals surface area contributed by atoms with Crippen molar-refractivity contribution in [3.63, 3.8) is 0 Å². The SMILES string of the molecule is CNCc1ccc(F)c(-c2cccs2)c1. The molecule has 1 aromatic heterocycles. The largest absolute Gasteiger partial charge is 0.316 e. The molecule has 1 heterocycles. The van der Waals surface area contributed by atoms with E-state index in [1.165, 1.54) is 6.07 Å². The van der Waals surface area contributed by atoms with E-state index in [1.54, 1.807) is 11.3 Å². The molecule has 15 heavy (non-hydrogen) atoms. The third-order valence-corrected chi connectivity index (χ3v) is 3.10. The minimum absolute atomic E-state index is 0.155. The fraction of sp³-hybridized carbons (Fsp3) is 0.167. The Kier molecular flexibility index (Phi) is 3.14. The molecule has 2 rings (SSSR count). The number of hydrogen-bond acceptors (Lipinski definition) is 2. The van der Waals surface area contributed by atoms with Gasteiger partial charge in [-0.25, -0.2) is 4.39 Å². The maximum Gasteiger partial charge on any atom is 0.131 e. The first-order chi connectivity index (χ1) is 7.31. The molecule has 78 valence electrons. The molecule has 0 amide bonds. The lowest BCUT2D eigenvalue weighted by Crippen LogP contribution is -2.05. The van der Waals surface area contributed by atoms with Crippen LogP contribution in [0.5, 0.6) is 0 Å². The van der Waals surface area contributed by atoms with E-state index in [-0.39, 0.29) is 5.82 Å². The van der Waals surface area contributed by atoms with Crippen LogP contribution in [0.15, 0.2) is 35.7 Å². The van der Waals surface area contributed by atoms with Crippen LogP contribution in [0.2, 0.25) is 0 Å². The Morgan fingerprint density at radius 1 is 1.33 bits per heavy atom. The van der Waals surface area contributed by atoms with Gasteiger partial charge in [-0.05, 0) is 36.2 Å². The van der Waals surface area contributed by atoms with Gasteiger partial charge in [0.1, 0.15) is 5.82 Å². The van der Waals surface area contributed by atoms with Crippen LogP contribution in [-0.2, 0) is 6.54 Å². The van der Waals surface area contributed by atoms with Crippen molar-refractivity contribution in [2.45, 2.75) is 6.54 Å². The Balaban J connectivity index is 2.41. The summed E-state index contributed by atoms with van der Waals surface area (Å²) in [6, 6.07) is 9.11. The predicted octanol–water partition coefficient (Wildman–Crippen LogP) is 3.27. The Labute approximate surface area is 92.6 Å². The van der Waals surface area contributed by atoms with E-state index < -0.39 is 0 Å². The van der Waals surface area contributed by atoms with Crippen molar-refractivity contribution < 1.29 is 4.39 Å². The van der Waals surface area contributed by atoms with Crippen molar-refractivity contribution in [3.05, 3.63) is 47.1 Å². The van der Waals surface area contributed by atoms with E-state index in [1.807, 2.05) is 36.7 Å². The van der Waals surface area contributed by atoms with Crippen LogP contribution in [0, 0.1) is 5.82 Å². The fourth-order valence-corrected chi connectivity index (χ4v) is 2.25. The van der Waals surface area contributed by atoms with Crippen LogP contribution in [0.25, 0.3) is 10.4 Å². The normalized spacial score (nSPS) is 10.5. The Morgan fingerprint density at radius 2 is 2.20 bits per heavy atom. The molecule has 1 nitrogen and oxygen atoms in total. The summed E-state index contributed by atoms with van der Waals surface area (Å²) in [6.07, 6.45) is 0. The standard InChI is InChI=1S/C12H12FNS/c1-14-8-9-4-5-11(13)10(7-9)12-3-2-6-15-12/h2-7,14H,8H2,1H3. The molecule has 2 aromatic rings. The van der Waals surface area contributed by atoms with Crippen molar-refractivity contribution >= 4 is 11.3 Å². The molecule has 3 heteroatoms. The highest BCUT2D eigenvalue weighted by molar-refractivity contribution is 7.13. The third kappa shape index (κ3) is 2.25. The summed E-state index contributed by atoms with van der Waals surface area (Å²) in [5, 5.41) is 5.01. The monoisotopic (exact) mass is 221 g/mol. The van der Waals surface area contributed by atoms with Crippen LogP contribution < -0.4 is 5.32 Å². The molecule has 0 saturated heterocycles. The quantitative estimate of drug-likeness (QED) is 0.838. The molecule has 0 aliphatic rings. The number of thiophene rings is 1. The number of rotatable bonds is 3. The van der Waals surface area contributed by atoms with E-state index >= 15 is 0 Å². The zero-order valence-corrected chi connectivity index (χ0v) is 9.27. The van der Waals surface area contributed by atoms with Crippen LogP contribution >= 0.6 is 11.3 Å². The highest BCUT2D eigenvalue weighted by Crippen LogP contribution is 2.28. The molecule has 0 fully saturated rings. The molecule has 0 bridgehead atoms. The third-order valence-electron chi connectivity index (χ3n) is 2.20. The number of nitrogens with one attached hydrogen (secondary N) is 1. The van der Waals surface area contributed by atoms with E-state index in [2.05, 4.69) is 5.32 Å². The molecule has 0 radical (unpaired) electrons. The summed E-state index contributed by atoms with van der Waals surface area (Å²) in [7, 11) is 1.88. The minimum atomic E-state index is -0.155. The number of benzene rings is 1. The topological polar surface area (TPSA) is 12.0 Å². The van der Waals surface area contributed by atoms with Gasteiger partial charge in [0.05, 0.1) is 0 Å². The summed E-state index contributed by atoms with van der Waals surface area (Å²) in [4.78, 5) is 0.977. The van der Waals surface area contributed by atoms with Crippen molar-refractivity contribution in [1.29, 1.82) is 0 Å². The summed E-state index contributed by atoms with van der Waals surface area (Å²) in [5.74, 6) is -0.155. The Morgan fingerprint density at radius 3 is 2.87 bits per heavy atom. The first-order valence-corrected chi connectivity index (χ1v) is 5.66. The molecule has 0 spiro atoms. The van der Waals surface area contributed by atoms with Gasteiger partial charge in [0.2, 0.25) is 0 Å². The molecular weight excluding hydrogens is 209 g/mol. The molecule has 1 aromatic carbocycles. The summed E-state index contributed by atoms with van der Waals surface area (Å²) in [6.45, 7) is 0.763. The van der Waals surface area contributed by atoms with Crippen molar-refractivity contribution in [2.24, 2.45) is 0 Å². The van der Waals surface area contributed by atoms with Gasteiger partial charge in [0.15, 0.2) is 0 Å². The van der Waals surface area contributed by atoms with Gasteiger partial charge in [0.25, 0.3) is 0 Å². The van der Waals surface area contributed by atoms with Crippen molar-refractivity contribution in [1.82, 2.24) is 5.32 Å². The minimum Gasteiger partial charge on any atom is -0.316 e. The maximum absolute atomic E-state index is 13.6. The molecule has 0 unspecified atom stereocenters. The Hall–Kier alpha value is -1.19. The number of halogens is 1. The lowest BCUT2D eigenvalue weighted by Gasteiger charge is -2.04. The first kappa shape index (κ1) is 10.3. The Bertz CT molecular complexity index is 437. The molecule has 0 aliphatic carbocycles. The van der Waals surface area contributed by atoms with Gasteiger partial charge in [0, 0.05) is 17.0 Å². The molecule has 1 N–H and O–H groups in total. The van der Waals surface area contributed by atoms with Gasteiger partial charge < -0.3 is 5.32 Å². The van der Waals surface area contributed by atoms with Gasteiger partial charge in [-0.3, -0.25) is 0 Å². The van der Waals surface area contributed by atoms with Crippen molar-refractivity contribution in [3.8, 4) is 10.4 Å². The van der Waals surface area contributed by atoms with E-state index in [0.717, 1.165) is 17.0 Å². The second-order valence-corrected chi connectivity index (χ2v) is 4.27. The lowest BCUT2D eigenvalue weighted by atomic mass is 10.1. The van der Waals surface area contributed by atoms with E-state index in [4.69, 9.17) is 0 Å². The average Bonchev–Trinajstić information content (AvgIpc) is 2.74. The highest BCUT2D eigenvalue weighted by atomic mass is 32.1. The van der Waals surface area contributed by atoms with Gasteiger partial charge >= 0.3 is 0 Å². The second kappa shape index (κ2) is 4.55. The van der Waals surface area contributed by atoms with Gasteiger partial charge in [-0.15, -0.1) is 11.3 Å². The van der Waals surface area contributed by atoms with E-state index in [9.17, 15) is 4.39 Å². The highest BCUT2D eigenvalue weighted by Gasteiger charge is 2.06. The molecule has 0 atom stereocenters. The summed E-state index contributed by atoms with van der Waals surface area (Å²) in [5.41, 5.74) is 1.79. The zero-order valence-electron chi connectivity index (χ0n) is 8.46. The van der Waals surface area contributed by atoms with Crippen LogP contribution in [0.1, 0.15) is 5.56 Å². The summed E-state index contributed by atoms with van der Waals surface area (Å²) < 4.78 is 13.6. The number of hydrogen-bond donors (Lipinski definition) is 1. The average molecular weight is 221 g/mol. The molecule has 0 aliphatic heterocycles. The lowest BCUT2D eigenvalue weighted by molar-refractivity contribution is 0.630. The molecule has 0 saturated carbocycles. The fourth-order valence-electron chi connectivity index (χ4n) is 1.51. The van der Waals surface area contributed by atoms with Crippen LogP contribution in [0.4, 0.5) is 4.39 Å². The molecular formula is C12H12FNS. The first-order valence-electron chi connectivity index (χ1n) is 4.78. The van der Waals surface area contributed by atoms with Gasteiger partial charge in [-0.2, -0.15) is 0 Å². The van der Waals surface area contributed by atoms with Crippen LogP contribution in [-0.4, -0.2) is 7.05 Å². The zero-order chi connectivity index (χ0) is 10.7. The summed E-state index contributed by atoms with van der Waals surface area (Å²) >= 11 is 1.56. The van der Waals surface area contributed by atoms with Crippen LogP contribution in [0.3, 0.4) is 0 Å². The second-order valence-electron chi connectivity index (χ2n) is 3.32. The smallest absolute Gasteiger partial charge is 0.131 e. The van der Waals surface area contributed by atoms with E-state index in [0.29, 0.717) is 5.56 Å². The predicted molar refractivity (Wildman–Crippen MR) is 62.5 cm³/mol. The van der Waals surface area contributed by atoms with Gasteiger partial charge in [-0.1, -0.05) is 12.1 Å². The van der Waals surface area contributed by atoms with Crippen molar-refractivity contribution in [2.75, 3.05) is 7.05 Å².